The van der Waals surface area contributed by atoms with Crippen LogP contribution in [0, 0.1) is 0 Å². The lowest BCUT2D eigenvalue weighted by atomic mass is 10.1. The van der Waals surface area contributed by atoms with Crippen LogP contribution in [0.1, 0.15) is 50.5 Å². The predicted molar refractivity (Wildman–Crippen MR) is 96.6 cm³/mol. The van der Waals surface area contributed by atoms with Gasteiger partial charge in [-0.15, -0.1) is 6.58 Å². The minimum atomic E-state index is -0.544. The van der Waals surface area contributed by atoms with Gasteiger partial charge in [-0.1, -0.05) is 55.7 Å². The summed E-state index contributed by atoms with van der Waals surface area (Å²) in [6.07, 6.45) is 8.78. The molecule has 132 valence electrons. The highest BCUT2D eigenvalue weighted by molar-refractivity contribution is 5.84. The fourth-order valence-corrected chi connectivity index (χ4v) is 2.55. The summed E-state index contributed by atoms with van der Waals surface area (Å²) >= 11 is 0. The van der Waals surface area contributed by atoms with Crippen LogP contribution in [-0.2, 0) is 20.7 Å². The molecule has 1 N–H and O–H groups in total. The van der Waals surface area contributed by atoms with Crippen LogP contribution in [0.2, 0.25) is 0 Å². The number of hydrogen-bond donors (Lipinski definition) is 1. The summed E-state index contributed by atoms with van der Waals surface area (Å²) in [6.45, 7) is 3.70. The smallest absolute Gasteiger partial charge is 0.328 e. The van der Waals surface area contributed by atoms with Crippen LogP contribution >= 0.6 is 0 Å². The first-order chi connectivity index (χ1) is 11.7. The van der Waals surface area contributed by atoms with Gasteiger partial charge in [-0.3, -0.25) is 4.79 Å². The highest BCUT2D eigenvalue weighted by Crippen LogP contribution is 2.09. The third kappa shape index (κ3) is 8.51. The first-order valence-electron chi connectivity index (χ1n) is 8.69. The van der Waals surface area contributed by atoms with Crippen LogP contribution in [0.25, 0.3) is 0 Å². The number of carbonyl (C=O) groups excluding carboxylic acids is 2. The maximum absolute atomic E-state index is 12.1. The molecule has 4 nitrogen and oxygen atoms in total. The third-order valence-electron chi connectivity index (χ3n) is 3.96. The Kier molecular flexibility index (Phi) is 10.3. The summed E-state index contributed by atoms with van der Waals surface area (Å²) in [5.41, 5.74) is 1.12. The Hall–Kier alpha value is -2.10. The van der Waals surface area contributed by atoms with Gasteiger partial charge >= 0.3 is 5.97 Å². The molecule has 0 bridgehead atoms. The van der Waals surface area contributed by atoms with E-state index in [1.807, 2.05) is 36.4 Å². The molecule has 0 radical (unpaired) electrons. The summed E-state index contributed by atoms with van der Waals surface area (Å²) < 4.78 is 4.80. The minimum Gasteiger partial charge on any atom is -0.467 e. The SMILES string of the molecule is C=CCCCCCC[C@@H](NC(=O)CCc1ccccc1)C(=O)OC. The molecule has 0 fully saturated rings. The lowest BCUT2D eigenvalue weighted by Crippen LogP contribution is -2.41. The van der Waals surface area contributed by atoms with Gasteiger partial charge in [0.15, 0.2) is 0 Å². The molecule has 24 heavy (non-hydrogen) atoms. The number of unbranched alkanes of at least 4 members (excludes halogenated alkanes) is 4. The van der Waals surface area contributed by atoms with E-state index in [1.54, 1.807) is 0 Å². The van der Waals surface area contributed by atoms with E-state index >= 15 is 0 Å². The fraction of sp³-hybridized carbons (Fsp3) is 0.500. The molecule has 0 saturated heterocycles. The van der Waals surface area contributed by atoms with Gasteiger partial charge in [-0.2, -0.15) is 0 Å². The van der Waals surface area contributed by atoms with E-state index in [0.29, 0.717) is 19.3 Å². The number of hydrogen-bond acceptors (Lipinski definition) is 3. The van der Waals surface area contributed by atoms with Crippen LogP contribution in [0.5, 0.6) is 0 Å². The Bertz CT molecular complexity index is 499. The molecule has 0 unspecified atom stereocenters. The summed E-state index contributed by atoms with van der Waals surface area (Å²) in [5, 5.41) is 2.81. The van der Waals surface area contributed by atoms with Crippen molar-refractivity contribution in [2.45, 2.75) is 57.4 Å². The van der Waals surface area contributed by atoms with E-state index in [9.17, 15) is 9.59 Å². The summed E-state index contributed by atoms with van der Waals surface area (Å²) in [7, 11) is 1.36. The third-order valence-corrected chi connectivity index (χ3v) is 3.96. The average molecular weight is 331 g/mol. The van der Waals surface area contributed by atoms with E-state index in [-0.39, 0.29) is 11.9 Å². The Balaban J connectivity index is 2.34. The molecule has 0 aliphatic heterocycles. The van der Waals surface area contributed by atoms with Crippen LogP contribution < -0.4 is 5.32 Å². The number of nitrogens with one attached hydrogen (secondary N) is 1. The predicted octanol–water partition coefficient (Wildman–Crippen LogP) is 3.80. The second-order valence-electron chi connectivity index (χ2n) is 5.91. The van der Waals surface area contributed by atoms with Gasteiger partial charge in [0.05, 0.1) is 7.11 Å². The van der Waals surface area contributed by atoms with Crippen molar-refractivity contribution in [2.24, 2.45) is 0 Å². The van der Waals surface area contributed by atoms with Crippen molar-refractivity contribution < 1.29 is 14.3 Å². The Morgan fingerprint density at radius 2 is 1.88 bits per heavy atom. The molecule has 0 aliphatic rings. The molecule has 0 aromatic heterocycles. The lowest BCUT2D eigenvalue weighted by molar-refractivity contribution is -0.145. The number of allylic oxidation sites excluding steroid dienone is 1. The molecule has 0 saturated carbocycles. The molecule has 0 aliphatic carbocycles. The van der Waals surface area contributed by atoms with Gasteiger partial charge in [0.1, 0.15) is 6.04 Å². The number of amides is 1. The zero-order valence-electron chi connectivity index (χ0n) is 14.6. The quantitative estimate of drug-likeness (QED) is 0.360. The first kappa shape index (κ1) is 19.9. The lowest BCUT2D eigenvalue weighted by Gasteiger charge is -2.16. The van der Waals surface area contributed by atoms with E-state index in [0.717, 1.165) is 37.7 Å². The Morgan fingerprint density at radius 1 is 1.17 bits per heavy atom. The van der Waals surface area contributed by atoms with Crippen LogP contribution in [0.4, 0.5) is 0 Å². The molecule has 1 aromatic rings. The van der Waals surface area contributed by atoms with Crippen LogP contribution in [0.3, 0.4) is 0 Å². The van der Waals surface area contributed by atoms with E-state index in [4.69, 9.17) is 4.74 Å². The van der Waals surface area contributed by atoms with Crippen molar-refractivity contribution in [2.75, 3.05) is 7.11 Å². The van der Waals surface area contributed by atoms with Gasteiger partial charge in [-0.05, 0) is 31.2 Å². The second-order valence-corrected chi connectivity index (χ2v) is 5.91. The summed E-state index contributed by atoms with van der Waals surface area (Å²) in [6, 6.07) is 9.31. The molecule has 1 atom stereocenters. The second kappa shape index (κ2) is 12.3. The highest BCUT2D eigenvalue weighted by atomic mass is 16.5. The van der Waals surface area contributed by atoms with Gasteiger partial charge in [-0.25, -0.2) is 4.79 Å². The molecule has 4 heteroatoms. The van der Waals surface area contributed by atoms with Gasteiger partial charge in [0, 0.05) is 6.42 Å². The fourth-order valence-electron chi connectivity index (χ4n) is 2.55. The van der Waals surface area contributed by atoms with E-state index in [1.165, 1.54) is 7.11 Å². The van der Waals surface area contributed by atoms with Gasteiger partial charge in [0.25, 0.3) is 0 Å². The maximum atomic E-state index is 12.1. The van der Waals surface area contributed by atoms with Crippen molar-refractivity contribution >= 4 is 11.9 Å². The topological polar surface area (TPSA) is 55.4 Å². The summed E-state index contributed by atoms with van der Waals surface area (Å²) in [4.78, 5) is 23.9. The van der Waals surface area contributed by atoms with Crippen molar-refractivity contribution in [1.29, 1.82) is 0 Å². The molecular weight excluding hydrogens is 302 g/mol. The van der Waals surface area contributed by atoms with E-state index < -0.39 is 6.04 Å². The number of ether oxygens (including phenoxy) is 1. The number of rotatable bonds is 12. The largest absolute Gasteiger partial charge is 0.467 e. The average Bonchev–Trinajstić information content (AvgIpc) is 2.62. The molecule has 1 rings (SSSR count). The number of aryl methyl sites for hydroxylation is 1. The first-order valence-corrected chi connectivity index (χ1v) is 8.69. The Labute approximate surface area is 145 Å². The van der Waals surface area contributed by atoms with Crippen molar-refractivity contribution in [3.63, 3.8) is 0 Å². The maximum Gasteiger partial charge on any atom is 0.328 e. The van der Waals surface area contributed by atoms with Crippen molar-refractivity contribution in [1.82, 2.24) is 5.32 Å². The molecule has 1 amide bonds. The number of methoxy groups -OCH3 is 1. The number of carbonyl (C=O) groups is 2. The normalized spacial score (nSPS) is 11.5. The molecular formula is C20H29NO3. The number of benzene rings is 1. The Morgan fingerprint density at radius 3 is 2.54 bits per heavy atom. The molecule has 1 aromatic carbocycles. The zero-order valence-corrected chi connectivity index (χ0v) is 14.6. The summed E-state index contributed by atoms with van der Waals surface area (Å²) in [5.74, 6) is -0.477. The number of esters is 1. The van der Waals surface area contributed by atoms with Gasteiger partial charge < -0.3 is 10.1 Å². The monoisotopic (exact) mass is 331 g/mol. The molecule has 0 spiro atoms. The van der Waals surface area contributed by atoms with Crippen LogP contribution in [0.15, 0.2) is 43.0 Å². The molecule has 0 heterocycles. The van der Waals surface area contributed by atoms with Crippen LogP contribution in [-0.4, -0.2) is 25.0 Å². The van der Waals surface area contributed by atoms with Crippen molar-refractivity contribution in [3.8, 4) is 0 Å². The van der Waals surface area contributed by atoms with Crippen molar-refractivity contribution in [3.05, 3.63) is 48.6 Å². The highest BCUT2D eigenvalue weighted by Gasteiger charge is 2.20. The van der Waals surface area contributed by atoms with Gasteiger partial charge in [0.2, 0.25) is 5.91 Å². The van der Waals surface area contributed by atoms with E-state index in [2.05, 4.69) is 11.9 Å². The minimum absolute atomic E-state index is 0.110. The standard InChI is InChI=1S/C20H29NO3/c1-3-4-5-6-7-11-14-18(20(23)24-2)21-19(22)16-15-17-12-9-8-10-13-17/h3,8-10,12-13,18H,1,4-7,11,14-16H2,2H3,(H,21,22)/t18-/m1/s1. The zero-order chi connectivity index (χ0) is 17.6.